The van der Waals surface area contributed by atoms with Crippen molar-refractivity contribution in [2.75, 3.05) is 6.54 Å². The van der Waals surface area contributed by atoms with Gasteiger partial charge in [-0.2, -0.15) is 0 Å². The largest absolute Gasteiger partial charge is 0.457 e. The number of hydrogen-bond donors (Lipinski definition) is 2. The van der Waals surface area contributed by atoms with Crippen LogP contribution in [0, 0.1) is 3.57 Å². The second-order valence-corrected chi connectivity index (χ2v) is 7.99. The number of aromatic amines is 1. The highest BCUT2D eigenvalue weighted by Crippen LogP contribution is 2.36. The number of hydrogen-bond acceptors (Lipinski definition) is 2. The van der Waals surface area contributed by atoms with E-state index in [2.05, 4.69) is 64.0 Å². The molecule has 4 rings (SSSR count). The van der Waals surface area contributed by atoms with E-state index in [0.717, 1.165) is 42.8 Å². The Balaban J connectivity index is 1.78. The van der Waals surface area contributed by atoms with Crippen LogP contribution in [-0.2, 0) is 6.42 Å². The molecule has 28 heavy (non-hydrogen) atoms. The molecular formula is C24H23IN2O. The van der Waals surface area contributed by atoms with Gasteiger partial charge in [0.25, 0.3) is 0 Å². The second kappa shape index (κ2) is 8.80. The minimum atomic E-state index is 0.725. The minimum Gasteiger partial charge on any atom is -0.457 e. The van der Waals surface area contributed by atoms with E-state index in [1.165, 1.54) is 25.8 Å². The van der Waals surface area contributed by atoms with Crippen LogP contribution in [0.3, 0.4) is 0 Å². The molecule has 4 heteroatoms. The zero-order chi connectivity index (χ0) is 19.3. The highest BCUT2D eigenvalue weighted by Gasteiger charge is 2.15. The third kappa shape index (κ3) is 4.08. The van der Waals surface area contributed by atoms with Gasteiger partial charge >= 0.3 is 0 Å². The second-order valence-electron chi connectivity index (χ2n) is 6.83. The third-order valence-electron chi connectivity index (χ3n) is 4.88. The highest BCUT2D eigenvalue weighted by molar-refractivity contribution is 14.1. The van der Waals surface area contributed by atoms with Gasteiger partial charge in [-0.1, -0.05) is 36.4 Å². The number of nitrogens with two attached hydrogens (primary N) is 1. The van der Waals surface area contributed by atoms with E-state index in [1.54, 1.807) is 0 Å². The van der Waals surface area contributed by atoms with Crippen LogP contribution in [0.15, 0.2) is 72.8 Å². The summed E-state index contributed by atoms with van der Waals surface area (Å²) >= 11 is 2.41. The number of benzene rings is 3. The molecule has 0 amide bonds. The number of rotatable bonds is 7. The molecule has 3 N–H and O–H groups in total. The van der Waals surface area contributed by atoms with E-state index in [0.29, 0.717) is 0 Å². The van der Waals surface area contributed by atoms with Crippen molar-refractivity contribution in [1.82, 2.24) is 4.98 Å². The van der Waals surface area contributed by atoms with Crippen LogP contribution < -0.4 is 10.5 Å². The highest BCUT2D eigenvalue weighted by atomic mass is 127. The lowest BCUT2D eigenvalue weighted by molar-refractivity contribution is 0.483. The Kier molecular flexibility index (Phi) is 5.98. The first-order chi connectivity index (χ1) is 13.8. The number of para-hydroxylation sites is 1. The third-order valence-corrected chi connectivity index (χ3v) is 5.82. The molecule has 0 spiro atoms. The van der Waals surface area contributed by atoms with Gasteiger partial charge < -0.3 is 15.5 Å². The van der Waals surface area contributed by atoms with Crippen molar-refractivity contribution in [3.63, 3.8) is 0 Å². The SMILES string of the molecule is NCCCCc1c(-c2ccccc2I)[nH]c2ccc(Oc3ccccc3)cc12. The van der Waals surface area contributed by atoms with Gasteiger partial charge in [0.2, 0.25) is 0 Å². The molecule has 0 fully saturated rings. The van der Waals surface area contributed by atoms with E-state index >= 15 is 0 Å². The van der Waals surface area contributed by atoms with E-state index in [-0.39, 0.29) is 0 Å². The Hall–Kier alpha value is -2.31. The van der Waals surface area contributed by atoms with Gasteiger partial charge in [0.15, 0.2) is 0 Å². The first kappa shape index (κ1) is 19.0. The van der Waals surface area contributed by atoms with E-state index in [1.807, 2.05) is 36.4 Å². The molecule has 0 aliphatic carbocycles. The zero-order valence-corrected chi connectivity index (χ0v) is 17.8. The summed E-state index contributed by atoms with van der Waals surface area (Å²) in [5, 5.41) is 1.22. The number of nitrogens with one attached hydrogen (secondary N) is 1. The summed E-state index contributed by atoms with van der Waals surface area (Å²) < 4.78 is 7.31. The quantitative estimate of drug-likeness (QED) is 0.233. The molecule has 0 bridgehead atoms. The van der Waals surface area contributed by atoms with Crippen LogP contribution >= 0.6 is 22.6 Å². The van der Waals surface area contributed by atoms with E-state index in [9.17, 15) is 0 Å². The maximum absolute atomic E-state index is 6.07. The summed E-state index contributed by atoms with van der Waals surface area (Å²) in [7, 11) is 0. The van der Waals surface area contributed by atoms with Gasteiger partial charge in [-0.25, -0.2) is 0 Å². The van der Waals surface area contributed by atoms with Gasteiger partial charge in [0.05, 0.1) is 5.69 Å². The number of H-pyrrole nitrogens is 1. The molecule has 0 atom stereocenters. The first-order valence-electron chi connectivity index (χ1n) is 9.59. The molecule has 4 aromatic rings. The molecule has 0 aliphatic heterocycles. The summed E-state index contributed by atoms with van der Waals surface area (Å²) in [6.07, 6.45) is 3.09. The molecule has 3 aromatic carbocycles. The molecule has 0 radical (unpaired) electrons. The van der Waals surface area contributed by atoms with Gasteiger partial charge in [-0.3, -0.25) is 0 Å². The number of fused-ring (bicyclic) bond motifs is 1. The van der Waals surface area contributed by atoms with Gasteiger partial charge in [0.1, 0.15) is 11.5 Å². The molecular weight excluding hydrogens is 459 g/mol. The molecule has 0 saturated heterocycles. The van der Waals surface area contributed by atoms with Gasteiger partial charge in [0, 0.05) is 20.0 Å². The van der Waals surface area contributed by atoms with Crippen LogP contribution in [0.5, 0.6) is 11.5 Å². The lowest BCUT2D eigenvalue weighted by Gasteiger charge is -2.08. The molecule has 0 aliphatic rings. The summed E-state index contributed by atoms with van der Waals surface area (Å²) in [5.41, 5.74) is 10.7. The smallest absolute Gasteiger partial charge is 0.128 e. The summed E-state index contributed by atoms with van der Waals surface area (Å²) in [6.45, 7) is 0.725. The van der Waals surface area contributed by atoms with Crippen molar-refractivity contribution in [2.45, 2.75) is 19.3 Å². The van der Waals surface area contributed by atoms with Crippen molar-refractivity contribution in [3.05, 3.63) is 81.9 Å². The Morgan fingerprint density at radius 1 is 0.857 bits per heavy atom. The topological polar surface area (TPSA) is 51.0 Å². The summed E-state index contributed by atoms with van der Waals surface area (Å²) in [6, 6.07) is 24.7. The molecule has 3 nitrogen and oxygen atoms in total. The van der Waals surface area contributed by atoms with Crippen molar-refractivity contribution in [2.24, 2.45) is 5.73 Å². The maximum Gasteiger partial charge on any atom is 0.128 e. The zero-order valence-electron chi connectivity index (χ0n) is 15.6. The fourth-order valence-electron chi connectivity index (χ4n) is 3.51. The molecule has 0 saturated carbocycles. The standard InChI is InChI=1S/C24H23IN2O/c25-22-12-5-4-11-20(22)24-19(10-6-7-15-26)21-16-18(13-14-23(21)27-24)28-17-8-2-1-3-9-17/h1-5,8-9,11-14,16,27H,6-7,10,15,26H2. The first-order valence-corrected chi connectivity index (χ1v) is 10.7. The average Bonchev–Trinajstić information content (AvgIpc) is 3.07. The predicted octanol–water partition coefficient (Wildman–Crippen LogP) is 6.51. The van der Waals surface area contributed by atoms with Crippen LogP contribution in [0.25, 0.3) is 22.2 Å². The fourth-order valence-corrected chi connectivity index (χ4v) is 4.17. The summed E-state index contributed by atoms with van der Waals surface area (Å²) in [4.78, 5) is 3.65. The normalized spacial score (nSPS) is 11.1. The summed E-state index contributed by atoms with van der Waals surface area (Å²) in [5.74, 6) is 1.70. The Morgan fingerprint density at radius 2 is 1.64 bits per heavy atom. The predicted molar refractivity (Wildman–Crippen MR) is 125 cm³/mol. The number of aryl methyl sites for hydroxylation is 1. The number of ether oxygens (including phenoxy) is 1. The minimum absolute atomic E-state index is 0.725. The molecule has 0 unspecified atom stereocenters. The van der Waals surface area contributed by atoms with Crippen molar-refractivity contribution >= 4 is 33.5 Å². The fraction of sp³-hybridized carbons (Fsp3) is 0.167. The number of unbranched alkanes of at least 4 members (excludes halogenated alkanes) is 1. The molecule has 1 aromatic heterocycles. The monoisotopic (exact) mass is 482 g/mol. The van der Waals surface area contributed by atoms with Crippen molar-refractivity contribution in [1.29, 1.82) is 0 Å². The Labute approximate surface area is 179 Å². The van der Waals surface area contributed by atoms with Crippen LogP contribution in [-0.4, -0.2) is 11.5 Å². The van der Waals surface area contributed by atoms with E-state index in [4.69, 9.17) is 10.5 Å². The maximum atomic E-state index is 6.07. The number of aromatic nitrogens is 1. The number of halogens is 1. The van der Waals surface area contributed by atoms with Crippen LogP contribution in [0.4, 0.5) is 0 Å². The van der Waals surface area contributed by atoms with Gasteiger partial charge in [-0.15, -0.1) is 0 Å². The Bertz CT molecular complexity index is 1070. The van der Waals surface area contributed by atoms with E-state index < -0.39 is 0 Å². The molecule has 1 heterocycles. The van der Waals surface area contributed by atoms with Crippen LogP contribution in [0.1, 0.15) is 18.4 Å². The Morgan fingerprint density at radius 3 is 2.43 bits per heavy atom. The van der Waals surface area contributed by atoms with Crippen molar-refractivity contribution < 1.29 is 4.74 Å². The molecule has 142 valence electrons. The lowest BCUT2D eigenvalue weighted by Crippen LogP contribution is -1.99. The lowest BCUT2D eigenvalue weighted by atomic mass is 10.00. The van der Waals surface area contributed by atoms with Crippen LogP contribution in [0.2, 0.25) is 0 Å². The van der Waals surface area contributed by atoms with Crippen molar-refractivity contribution in [3.8, 4) is 22.8 Å². The average molecular weight is 482 g/mol. The van der Waals surface area contributed by atoms with Gasteiger partial charge in [-0.05, 0) is 90.4 Å².